The molecule has 1 atom stereocenters. The molecule has 1 fully saturated rings. The van der Waals surface area contributed by atoms with Gasteiger partial charge in [0.1, 0.15) is 17.6 Å². The largest absolute Gasteiger partial charge is 0.467 e. The summed E-state index contributed by atoms with van der Waals surface area (Å²) in [6, 6.07) is 3.16. The molecule has 4 heteroatoms. The van der Waals surface area contributed by atoms with Crippen LogP contribution in [0.4, 0.5) is 4.79 Å². The topological polar surface area (TPSA) is 51.5 Å². The number of hydrogen-bond acceptors (Lipinski definition) is 3. The molecule has 1 amide bonds. The molecule has 1 aromatic rings. The minimum absolute atomic E-state index is 0.340. The van der Waals surface area contributed by atoms with Gasteiger partial charge in [0, 0.05) is 0 Å². The Labute approximate surface area is 68.8 Å². The molecule has 0 radical (unpaired) electrons. The summed E-state index contributed by atoms with van der Waals surface area (Å²) in [6.45, 7) is 3.58. The van der Waals surface area contributed by atoms with Crippen LogP contribution in [-0.2, 0) is 4.74 Å². The van der Waals surface area contributed by atoms with Crippen molar-refractivity contribution in [3.63, 3.8) is 0 Å². The third kappa shape index (κ3) is 0.972. The summed E-state index contributed by atoms with van der Waals surface area (Å²) in [5.74, 6) is 1.00. The van der Waals surface area contributed by atoms with Gasteiger partial charge in [0.15, 0.2) is 0 Å². The van der Waals surface area contributed by atoms with Crippen molar-refractivity contribution in [2.75, 3.05) is 0 Å². The number of nitrogens with one attached hydrogen (secondary N) is 1. The van der Waals surface area contributed by atoms with Crippen LogP contribution < -0.4 is 5.32 Å². The minimum atomic E-state index is -0.485. The zero-order chi connectivity index (χ0) is 8.55. The Morgan fingerprint density at radius 3 is 2.92 bits per heavy atom. The quantitative estimate of drug-likeness (QED) is 0.687. The molecule has 1 unspecified atom stereocenters. The van der Waals surface area contributed by atoms with Gasteiger partial charge in [-0.2, -0.15) is 0 Å². The highest BCUT2D eigenvalue weighted by Gasteiger charge is 2.30. The first-order valence-corrected chi connectivity index (χ1v) is 3.48. The Morgan fingerprint density at radius 2 is 2.42 bits per heavy atom. The molecule has 1 aromatic heterocycles. The minimum Gasteiger partial charge on any atom is -0.467 e. The molecule has 1 aliphatic rings. The van der Waals surface area contributed by atoms with Crippen molar-refractivity contribution in [1.29, 1.82) is 0 Å². The van der Waals surface area contributed by atoms with Crippen LogP contribution in [-0.4, -0.2) is 6.09 Å². The Kier molecular flexibility index (Phi) is 1.40. The van der Waals surface area contributed by atoms with Crippen LogP contribution in [0.15, 0.2) is 35.2 Å². The lowest BCUT2D eigenvalue weighted by molar-refractivity contribution is 0.195. The number of amides is 1. The first kappa shape index (κ1) is 6.97. The fraction of sp³-hybridized carbons (Fsp3) is 0.125. The zero-order valence-corrected chi connectivity index (χ0v) is 6.24. The summed E-state index contributed by atoms with van der Waals surface area (Å²) >= 11 is 0. The molecule has 0 aromatic carbocycles. The van der Waals surface area contributed by atoms with E-state index in [4.69, 9.17) is 9.15 Å². The fourth-order valence-electron chi connectivity index (χ4n) is 1.09. The van der Waals surface area contributed by atoms with Gasteiger partial charge < -0.3 is 14.5 Å². The molecular formula is C8H7NO3. The van der Waals surface area contributed by atoms with Gasteiger partial charge in [-0.3, -0.25) is 0 Å². The second-order valence-corrected chi connectivity index (χ2v) is 2.45. The van der Waals surface area contributed by atoms with Crippen LogP contribution in [0.3, 0.4) is 0 Å². The van der Waals surface area contributed by atoms with Gasteiger partial charge in [0.25, 0.3) is 0 Å². The molecule has 1 N–H and O–H groups in total. The maximum absolute atomic E-state index is 10.7. The highest BCUT2D eigenvalue weighted by Crippen LogP contribution is 2.26. The summed E-state index contributed by atoms with van der Waals surface area (Å²) in [5, 5.41) is 2.55. The van der Waals surface area contributed by atoms with E-state index in [9.17, 15) is 4.79 Å². The lowest BCUT2D eigenvalue weighted by atomic mass is 10.2. The molecule has 12 heavy (non-hydrogen) atoms. The third-order valence-electron chi connectivity index (χ3n) is 1.64. The standard InChI is InChI=1S/C8H7NO3/c1-5-7(9-8(10)12-5)6-3-2-4-11-6/h2-4,7H,1H2,(H,9,10). The Balaban J connectivity index is 2.26. The number of carbonyl (C=O) groups excluding carboxylic acids is 1. The summed E-state index contributed by atoms with van der Waals surface area (Å²) < 4.78 is 9.77. The summed E-state index contributed by atoms with van der Waals surface area (Å²) in [6.07, 6.45) is 1.05. The van der Waals surface area contributed by atoms with E-state index >= 15 is 0 Å². The van der Waals surface area contributed by atoms with Crippen LogP contribution >= 0.6 is 0 Å². The number of cyclic esters (lactones) is 1. The van der Waals surface area contributed by atoms with E-state index in [0.29, 0.717) is 11.5 Å². The van der Waals surface area contributed by atoms with Crippen molar-refractivity contribution >= 4 is 6.09 Å². The summed E-state index contributed by atoms with van der Waals surface area (Å²) in [7, 11) is 0. The van der Waals surface area contributed by atoms with E-state index < -0.39 is 6.09 Å². The van der Waals surface area contributed by atoms with Crippen molar-refractivity contribution in [2.45, 2.75) is 6.04 Å². The maximum atomic E-state index is 10.7. The van der Waals surface area contributed by atoms with Crippen LogP contribution in [0.25, 0.3) is 0 Å². The van der Waals surface area contributed by atoms with Gasteiger partial charge in [-0.15, -0.1) is 0 Å². The molecule has 0 saturated carbocycles. The van der Waals surface area contributed by atoms with Gasteiger partial charge in [-0.1, -0.05) is 6.58 Å². The Hall–Kier alpha value is -1.71. The van der Waals surface area contributed by atoms with Crippen molar-refractivity contribution in [2.24, 2.45) is 0 Å². The number of carbonyl (C=O) groups is 1. The molecule has 2 rings (SSSR count). The van der Waals surface area contributed by atoms with Gasteiger partial charge in [-0.05, 0) is 12.1 Å². The smallest absolute Gasteiger partial charge is 0.413 e. The second kappa shape index (κ2) is 2.41. The van der Waals surface area contributed by atoms with Crippen LogP contribution in [0.1, 0.15) is 11.8 Å². The normalized spacial score (nSPS) is 22.2. The first-order chi connectivity index (χ1) is 5.77. The SMILES string of the molecule is C=C1OC(=O)NC1c1ccco1. The Bertz CT molecular complexity index is 315. The monoisotopic (exact) mass is 165 g/mol. The van der Waals surface area contributed by atoms with Crippen molar-refractivity contribution < 1.29 is 13.9 Å². The van der Waals surface area contributed by atoms with Gasteiger partial charge in [0.05, 0.1) is 6.26 Å². The first-order valence-electron chi connectivity index (χ1n) is 3.48. The van der Waals surface area contributed by atoms with E-state index in [1.807, 2.05) is 0 Å². The maximum Gasteiger partial charge on any atom is 0.413 e. The molecular weight excluding hydrogens is 158 g/mol. The predicted octanol–water partition coefficient (Wildman–Crippen LogP) is 1.57. The van der Waals surface area contributed by atoms with E-state index in [0.717, 1.165) is 0 Å². The van der Waals surface area contributed by atoms with Crippen LogP contribution in [0.2, 0.25) is 0 Å². The molecule has 0 aliphatic carbocycles. The van der Waals surface area contributed by atoms with Crippen LogP contribution in [0.5, 0.6) is 0 Å². The molecule has 1 aliphatic heterocycles. The third-order valence-corrected chi connectivity index (χ3v) is 1.64. The lowest BCUT2D eigenvalue weighted by Gasteiger charge is -2.02. The number of ether oxygens (including phenoxy) is 1. The van der Waals surface area contributed by atoms with Gasteiger partial charge >= 0.3 is 6.09 Å². The fourth-order valence-corrected chi connectivity index (χ4v) is 1.09. The molecule has 0 bridgehead atoms. The highest BCUT2D eigenvalue weighted by atomic mass is 16.6. The number of furan rings is 1. The van der Waals surface area contributed by atoms with Gasteiger partial charge in [0.2, 0.25) is 0 Å². The number of hydrogen-bond donors (Lipinski definition) is 1. The average Bonchev–Trinajstić information content (AvgIpc) is 2.58. The summed E-state index contributed by atoms with van der Waals surface area (Å²) in [5.41, 5.74) is 0. The predicted molar refractivity (Wildman–Crippen MR) is 40.2 cm³/mol. The average molecular weight is 165 g/mol. The van der Waals surface area contributed by atoms with E-state index in [1.54, 1.807) is 12.1 Å². The van der Waals surface area contributed by atoms with Gasteiger partial charge in [-0.25, -0.2) is 4.79 Å². The lowest BCUT2D eigenvalue weighted by Crippen LogP contribution is -2.17. The Morgan fingerprint density at radius 1 is 1.58 bits per heavy atom. The summed E-state index contributed by atoms with van der Waals surface area (Å²) in [4.78, 5) is 10.7. The number of alkyl carbamates (subject to hydrolysis) is 1. The second-order valence-electron chi connectivity index (χ2n) is 2.45. The molecule has 0 spiro atoms. The molecule has 1 saturated heterocycles. The van der Waals surface area contributed by atoms with E-state index in [1.165, 1.54) is 6.26 Å². The highest BCUT2D eigenvalue weighted by molar-refractivity contribution is 5.72. The molecule has 4 nitrogen and oxygen atoms in total. The van der Waals surface area contributed by atoms with Crippen molar-refractivity contribution in [3.05, 3.63) is 36.5 Å². The molecule has 62 valence electrons. The van der Waals surface area contributed by atoms with E-state index in [2.05, 4.69) is 11.9 Å². The van der Waals surface area contributed by atoms with E-state index in [-0.39, 0.29) is 6.04 Å². The number of rotatable bonds is 1. The molecule has 2 heterocycles. The van der Waals surface area contributed by atoms with Crippen molar-refractivity contribution in [1.82, 2.24) is 5.32 Å². The van der Waals surface area contributed by atoms with Crippen LogP contribution in [0, 0.1) is 0 Å². The van der Waals surface area contributed by atoms with Crippen molar-refractivity contribution in [3.8, 4) is 0 Å². The zero-order valence-electron chi connectivity index (χ0n) is 6.24.